The van der Waals surface area contributed by atoms with Gasteiger partial charge in [0.2, 0.25) is 0 Å². The van der Waals surface area contributed by atoms with Gasteiger partial charge in [-0.05, 0) is 36.8 Å². The van der Waals surface area contributed by atoms with Crippen molar-refractivity contribution in [1.82, 2.24) is 24.9 Å². The molecule has 1 atom stereocenters. The van der Waals surface area contributed by atoms with Crippen molar-refractivity contribution in [3.8, 4) is 0 Å². The average Bonchev–Trinajstić information content (AvgIpc) is 2.90. The van der Waals surface area contributed by atoms with Gasteiger partial charge >= 0.3 is 0 Å². The van der Waals surface area contributed by atoms with Crippen LogP contribution >= 0.6 is 0 Å². The molecule has 0 fully saturated rings. The van der Waals surface area contributed by atoms with Crippen molar-refractivity contribution in [2.24, 2.45) is 0 Å². The lowest BCUT2D eigenvalue weighted by atomic mass is 10.2. The number of fused-ring (bicyclic) bond motifs is 1. The lowest BCUT2D eigenvalue weighted by molar-refractivity contribution is 0.541. The molecular weight excluding hydrogens is 238 g/mol. The van der Waals surface area contributed by atoms with Crippen molar-refractivity contribution < 1.29 is 0 Å². The van der Waals surface area contributed by atoms with E-state index in [0.717, 1.165) is 18.0 Å². The summed E-state index contributed by atoms with van der Waals surface area (Å²) in [4.78, 5) is 4.01. The van der Waals surface area contributed by atoms with E-state index in [4.69, 9.17) is 0 Å². The average molecular weight is 253 g/mol. The van der Waals surface area contributed by atoms with Crippen molar-refractivity contribution >= 4 is 5.65 Å². The topological polar surface area (TPSA) is 55.1 Å². The molecule has 5 nitrogen and oxygen atoms in total. The largest absolute Gasteiger partial charge is 0.303 e. The second-order valence-electron chi connectivity index (χ2n) is 4.45. The Kier molecular flexibility index (Phi) is 3.20. The lowest BCUT2D eigenvalue weighted by Crippen LogP contribution is -2.20. The molecule has 0 aliphatic heterocycles. The lowest BCUT2D eigenvalue weighted by Gasteiger charge is -2.12. The van der Waals surface area contributed by atoms with Crippen LogP contribution in [-0.2, 0) is 6.54 Å². The third-order valence-electron chi connectivity index (χ3n) is 3.09. The summed E-state index contributed by atoms with van der Waals surface area (Å²) in [5, 5.41) is 11.8. The summed E-state index contributed by atoms with van der Waals surface area (Å²) in [7, 11) is 0. The normalized spacial score (nSPS) is 12.7. The number of pyridine rings is 2. The second-order valence-corrected chi connectivity index (χ2v) is 4.45. The first-order chi connectivity index (χ1) is 9.34. The number of nitrogens with one attached hydrogen (secondary N) is 1. The molecule has 0 bridgehead atoms. The van der Waals surface area contributed by atoms with E-state index in [1.54, 1.807) is 12.4 Å². The third kappa shape index (κ3) is 2.46. The Hall–Kier alpha value is -2.27. The maximum atomic E-state index is 4.25. The first-order valence-electron chi connectivity index (χ1n) is 6.26. The fourth-order valence-corrected chi connectivity index (χ4v) is 2.02. The van der Waals surface area contributed by atoms with E-state index in [9.17, 15) is 0 Å². The van der Waals surface area contributed by atoms with Crippen molar-refractivity contribution in [2.75, 3.05) is 0 Å². The molecule has 3 aromatic rings. The molecule has 3 heterocycles. The molecule has 0 amide bonds. The maximum absolute atomic E-state index is 4.25. The highest BCUT2D eigenvalue weighted by Gasteiger charge is 2.12. The smallest absolute Gasteiger partial charge is 0.160 e. The SMILES string of the molecule is CC(NCc1ccncc1)c1nnc2ccccn12. The van der Waals surface area contributed by atoms with Crippen molar-refractivity contribution in [3.05, 3.63) is 60.3 Å². The Morgan fingerprint density at radius 2 is 2.00 bits per heavy atom. The fourth-order valence-electron chi connectivity index (χ4n) is 2.02. The van der Waals surface area contributed by atoms with Gasteiger partial charge in [-0.2, -0.15) is 0 Å². The zero-order chi connectivity index (χ0) is 13.1. The molecule has 0 aliphatic carbocycles. The van der Waals surface area contributed by atoms with Crippen LogP contribution in [0.2, 0.25) is 0 Å². The van der Waals surface area contributed by atoms with Gasteiger partial charge in [0.1, 0.15) is 0 Å². The van der Waals surface area contributed by atoms with E-state index in [1.807, 2.05) is 40.9 Å². The predicted octanol–water partition coefficient (Wildman–Crippen LogP) is 1.98. The molecule has 1 unspecified atom stereocenters. The van der Waals surface area contributed by atoms with Gasteiger partial charge in [0.15, 0.2) is 11.5 Å². The summed E-state index contributed by atoms with van der Waals surface area (Å²) in [6, 6.07) is 10.0. The number of hydrogen-bond donors (Lipinski definition) is 1. The zero-order valence-electron chi connectivity index (χ0n) is 10.7. The van der Waals surface area contributed by atoms with E-state index < -0.39 is 0 Å². The van der Waals surface area contributed by atoms with Crippen LogP contribution in [0.1, 0.15) is 24.4 Å². The molecule has 19 heavy (non-hydrogen) atoms. The van der Waals surface area contributed by atoms with Gasteiger partial charge in [-0.25, -0.2) is 0 Å². The number of nitrogens with zero attached hydrogens (tertiary/aromatic N) is 4. The molecule has 0 spiro atoms. The molecule has 1 N–H and O–H groups in total. The van der Waals surface area contributed by atoms with Crippen LogP contribution in [-0.4, -0.2) is 19.6 Å². The highest BCUT2D eigenvalue weighted by molar-refractivity contribution is 5.37. The van der Waals surface area contributed by atoms with E-state index in [-0.39, 0.29) is 6.04 Å². The van der Waals surface area contributed by atoms with Gasteiger partial charge in [0, 0.05) is 25.1 Å². The molecule has 0 saturated carbocycles. The first kappa shape index (κ1) is 11.8. The van der Waals surface area contributed by atoms with Gasteiger partial charge in [-0.3, -0.25) is 9.38 Å². The van der Waals surface area contributed by atoms with Crippen molar-refractivity contribution in [3.63, 3.8) is 0 Å². The van der Waals surface area contributed by atoms with E-state index in [0.29, 0.717) is 0 Å². The molecule has 0 saturated heterocycles. The highest BCUT2D eigenvalue weighted by Crippen LogP contribution is 2.12. The van der Waals surface area contributed by atoms with Crippen molar-refractivity contribution in [1.29, 1.82) is 0 Å². The van der Waals surface area contributed by atoms with Gasteiger partial charge in [-0.1, -0.05) is 6.07 Å². The minimum absolute atomic E-state index is 0.130. The van der Waals surface area contributed by atoms with Gasteiger partial charge in [-0.15, -0.1) is 10.2 Å². The number of aromatic nitrogens is 4. The van der Waals surface area contributed by atoms with Crippen LogP contribution in [0.15, 0.2) is 48.9 Å². The Bertz CT molecular complexity index is 662. The minimum Gasteiger partial charge on any atom is -0.303 e. The Balaban J connectivity index is 1.75. The summed E-state index contributed by atoms with van der Waals surface area (Å²) >= 11 is 0. The van der Waals surface area contributed by atoms with Crippen LogP contribution in [0, 0.1) is 0 Å². The summed E-state index contributed by atoms with van der Waals surface area (Å²) in [5.74, 6) is 0.921. The predicted molar refractivity (Wildman–Crippen MR) is 72.5 cm³/mol. The Morgan fingerprint density at radius 3 is 2.84 bits per heavy atom. The van der Waals surface area contributed by atoms with Gasteiger partial charge in [0.25, 0.3) is 0 Å². The van der Waals surface area contributed by atoms with Crippen LogP contribution in [0.5, 0.6) is 0 Å². The zero-order valence-corrected chi connectivity index (χ0v) is 10.7. The molecule has 3 rings (SSSR count). The van der Waals surface area contributed by atoms with E-state index >= 15 is 0 Å². The monoisotopic (exact) mass is 253 g/mol. The molecule has 0 aromatic carbocycles. The second kappa shape index (κ2) is 5.16. The standard InChI is InChI=1S/C14H15N5/c1-11(16-10-12-5-7-15-8-6-12)14-18-17-13-4-2-3-9-19(13)14/h2-9,11,16H,10H2,1H3. The summed E-state index contributed by atoms with van der Waals surface area (Å²) in [6.07, 6.45) is 5.58. The van der Waals surface area contributed by atoms with Gasteiger partial charge < -0.3 is 5.32 Å². The quantitative estimate of drug-likeness (QED) is 0.772. The summed E-state index contributed by atoms with van der Waals surface area (Å²) in [6.45, 7) is 2.87. The highest BCUT2D eigenvalue weighted by atomic mass is 15.3. The van der Waals surface area contributed by atoms with Crippen LogP contribution in [0.25, 0.3) is 5.65 Å². The van der Waals surface area contributed by atoms with Crippen molar-refractivity contribution in [2.45, 2.75) is 19.5 Å². The number of hydrogen-bond acceptors (Lipinski definition) is 4. The molecule has 0 aliphatic rings. The minimum atomic E-state index is 0.130. The molecule has 3 aromatic heterocycles. The Morgan fingerprint density at radius 1 is 1.16 bits per heavy atom. The van der Waals surface area contributed by atoms with Crippen LogP contribution in [0.4, 0.5) is 0 Å². The van der Waals surface area contributed by atoms with Gasteiger partial charge in [0.05, 0.1) is 6.04 Å². The number of rotatable bonds is 4. The van der Waals surface area contributed by atoms with Crippen LogP contribution in [0.3, 0.4) is 0 Å². The molecule has 96 valence electrons. The molecule has 5 heteroatoms. The summed E-state index contributed by atoms with van der Waals surface area (Å²) in [5.41, 5.74) is 2.07. The van der Waals surface area contributed by atoms with Crippen LogP contribution < -0.4 is 5.32 Å². The fraction of sp³-hybridized carbons (Fsp3) is 0.214. The first-order valence-corrected chi connectivity index (χ1v) is 6.26. The molecule has 0 radical (unpaired) electrons. The maximum Gasteiger partial charge on any atom is 0.160 e. The Labute approximate surface area is 111 Å². The van der Waals surface area contributed by atoms with E-state index in [2.05, 4.69) is 27.4 Å². The third-order valence-corrected chi connectivity index (χ3v) is 3.09. The molecular formula is C14H15N5. The summed E-state index contributed by atoms with van der Waals surface area (Å²) < 4.78 is 2.00. The van der Waals surface area contributed by atoms with E-state index in [1.165, 1.54) is 5.56 Å².